The molecule has 0 radical (unpaired) electrons. The van der Waals surface area contributed by atoms with Crippen LogP contribution in [0, 0.1) is 24.9 Å². The van der Waals surface area contributed by atoms with Crippen LogP contribution in [0.2, 0.25) is 0 Å². The normalized spacial score (nSPS) is 29.4. The second kappa shape index (κ2) is 8.65. The standard InChI is InChI=1S/C19H17F3I2O8S/c20-14(19(21,22)33(27,28)29)1-2-30-16(25)11-4-9-3-8(11)7-18(9)31-15-12(17(26)32-18)5-10(23)6-13(15)24/h5-6,8-9,11,14H,1-4,7H2,(H,27,28,29). The van der Waals surface area contributed by atoms with Gasteiger partial charge in [0.1, 0.15) is 5.56 Å². The van der Waals surface area contributed by atoms with Gasteiger partial charge in [-0.05, 0) is 76.1 Å². The number of benzene rings is 1. The summed E-state index contributed by atoms with van der Waals surface area (Å²) >= 11 is 4.16. The molecule has 8 nitrogen and oxygen atoms in total. The lowest BCUT2D eigenvalue weighted by Crippen LogP contribution is -2.50. The number of carbonyl (C=O) groups excluding carboxylic acids is 2. The van der Waals surface area contributed by atoms with Crippen LogP contribution in [0.25, 0.3) is 0 Å². The molecule has 14 heteroatoms. The summed E-state index contributed by atoms with van der Waals surface area (Å²) in [6, 6.07) is 3.54. The SMILES string of the molecule is O=C1OC2(CC3CC2CC3C(=O)OCCC(F)C(F)(F)S(=O)(=O)O)Oc2c(I)cc(I)cc21. The largest absolute Gasteiger partial charge is 0.465 e. The third-order valence-electron chi connectivity index (χ3n) is 6.26. The van der Waals surface area contributed by atoms with E-state index in [1.807, 2.05) is 6.07 Å². The average molecular weight is 716 g/mol. The van der Waals surface area contributed by atoms with E-state index in [-0.39, 0.29) is 24.7 Å². The molecule has 5 unspecified atom stereocenters. The van der Waals surface area contributed by atoms with Crippen LogP contribution in [0.5, 0.6) is 5.75 Å². The molecule has 2 saturated carbocycles. The number of alkyl halides is 3. The maximum Gasteiger partial charge on any atom is 0.400 e. The Morgan fingerprint density at radius 1 is 1.30 bits per heavy atom. The van der Waals surface area contributed by atoms with E-state index in [0.29, 0.717) is 17.7 Å². The topological polar surface area (TPSA) is 116 Å². The number of esters is 2. The summed E-state index contributed by atoms with van der Waals surface area (Å²) in [6.07, 6.45) is -3.29. The molecule has 5 atom stereocenters. The number of carbonyl (C=O) groups is 2. The van der Waals surface area contributed by atoms with Crippen LogP contribution in [0.3, 0.4) is 0 Å². The minimum atomic E-state index is -5.93. The molecule has 1 aromatic rings. The van der Waals surface area contributed by atoms with E-state index in [0.717, 1.165) is 7.14 Å². The summed E-state index contributed by atoms with van der Waals surface area (Å²) in [5, 5.41) is -4.99. The predicted octanol–water partition coefficient (Wildman–Crippen LogP) is 3.94. The van der Waals surface area contributed by atoms with E-state index in [1.54, 1.807) is 6.07 Å². The Kier molecular flexibility index (Phi) is 6.61. The maximum absolute atomic E-state index is 13.6. The molecule has 2 bridgehead atoms. The first kappa shape index (κ1) is 25.2. The van der Waals surface area contributed by atoms with E-state index >= 15 is 0 Å². The Labute approximate surface area is 213 Å². The first-order valence-corrected chi connectivity index (χ1v) is 13.4. The van der Waals surface area contributed by atoms with Crippen molar-refractivity contribution in [3.8, 4) is 5.75 Å². The van der Waals surface area contributed by atoms with Crippen LogP contribution in [0.4, 0.5) is 13.2 Å². The molecule has 2 aliphatic carbocycles. The van der Waals surface area contributed by atoms with E-state index in [9.17, 15) is 31.2 Å². The molecule has 0 amide bonds. The van der Waals surface area contributed by atoms with Crippen molar-refractivity contribution in [3.63, 3.8) is 0 Å². The van der Waals surface area contributed by atoms with Crippen LogP contribution in [0.1, 0.15) is 36.0 Å². The third kappa shape index (κ3) is 4.44. The van der Waals surface area contributed by atoms with Crippen molar-refractivity contribution in [2.24, 2.45) is 17.8 Å². The molecule has 33 heavy (non-hydrogen) atoms. The lowest BCUT2D eigenvalue weighted by Gasteiger charge is -2.41. The quantitative estimate of drug-likeness (QED) is 0.268. The fourth-order valence-corrected chi connectivity index (χ4v) is 7.10. The fourth-order valence-electron chi connectivity index (χ4n) is 4.70. The number of fused-ring (bicyclic) bond motifs is 4. The zero-order chi connectivity index (χ0) is 24.3. The highest BCUT2D eigenvalue weighted by molar-refractivity contribution is 14.1. The van der Waals surface area contributed by atoms with Crippen LogP contribution >= 0.6 is 45.2 Å². The van der Waals surface area contributed by atoms with Gasteiger partial charge >= 0.3 is 27.3 Å². The highest BCUT2D eigenvalue weighted by Gasteiger charge is 2.63. The molecule has 1 aromatic carbocycles. The number of ether oxygens (including phenoxy) is 3. The molecule has 3 aliphatic rings. The summed E-state index contributed by atoms with van der Waals surface area (Å²) in [5.74, 6) is -3.14. The smallest absolute Gasteiger partial charge is 0.400 e. The number of hydrogen-bond donors (Lipinski definition) is 1. The van der Waals surface area contributed by atoms with Crippen molar-refractivity contribution < 1.29 is 49.9 Å². The summed E-state index contributed by atoms with van der Waals surface area (Å²) in [4.78, 5) is 25.1. The fraction of sp³-hybridized carbons (Fsp3) is 0.579. The third-order valence-corrected chi connectivity index (χ3v) is 8.63. The molecule has 4 rings (SSSR count). The molecule has 1 heterocycles. The monoisotopic (exact) mass is 716 g/mol. The van der Waals surface area contributed by atoms with Gasteiger partial charge in [0.05, 0.1) is 16.1 Å². The van der Waals surface area contributed by atoms with E-state index in [2.05, 4.69) is 45.2 Å². The second-order valence-corrected chi connectivity index (χ2v) is 12.2. The molecule has 0 aromatic heterocycles. The Morgan fingerprint density at radius 3 is 2.61 bits per heavy atom. The molecule has 2 fully saturated rings. The molecule has 1 spiro atoms. The molecular formula is C19H17F3I2O8S. The molecule has 1 aliphatic heterocycles. The average Bonchev–Trinajstić information content (AvgIpc) is 3.26. The van der Waals surface area contributed by atoms with Gasteiger partial charge in [0.2, 0.25) is 0 Å². The predicted molar refractivity (Wildman–Crippen MR) is 122 cm³/mol. The van der Waals surface area contributed by atoms with E-state index in [4.69, 9.17) is 18.8 Å². The Hall–Kier alpha value is -0.880. The van der Waals surface area contributed by atoms with E-state index in [1.165, 1.54) is 0 Å². The van der Waals surface area contributed by atoms with Crippen molar-refractivity contribution in [1.82, 2.24) is 0 Å². The van der Waals surface area contributed by atoms with Crippen molar-refractivity contribution >= 4 is 67.2 Å². The Balaban J connectivity index is 1.37. The number of halogens is 5. The van der Waals surface area contributed by atoms with Crippen molar-refractivity contribution in [2.75, 3.05) is 6.61 Å². The van der Waals surface area contributed by atoms with Crippen LogP contribution in [-0.4, -0.2) is 48.7 Å². The van der Waals surface area contributed by atoms with Crippen molar-refractivity contribution in [3.05, 3.63) is 24.8 Å². The van der Waals surface area contributed by atoms with Gasteiger partial charge in [-0.3, -0.25) is 9.35 Å². The summed E-state index contributed by atoms with van der Waals surface area (Å²) in [7, 11) is -5.93. The zero-order valence-electron chi connectivity index (χ0n) is 16.6. The lowest BCUT2D eigenvalue weighted by atomic mass is 9.84. The van der Waals surface area contributed by atoms with Gasteiger partial charge < -0.3 is 14.2 Å². The van der Waals surface area contributed by atoms with Gasteiger partial charge in [0.15, 0.2) is 11.9 Å². The van der Waals surface area contributed by atoms with Gasteiger partial charge in [0.25, 0.3) is 5.79 Å². The summed E-state index contributed by atoms with van der Waals surface area (Å²) in [6.45, 7) is -0.778. The molecule has 0 saturated heterocycles. The van der Waals surface area contributed by atoms with Gasteiger partial charge in [0, 0.05) is 22.3 Å². The molecular weight excluding hydrogens is 699 g/mol. The van der Waals surface area contributed by atoms with Crippen molar-refractivity contribution in [1.29, 1.82) is 0 Å². The van der Waals surface area contributed by atoms with E-state index < -0.39 is 58.2 Å². The summed E-state index contributed by atoms with van der Waals surface area (Å²) < 4.78 is 88.0. The maximum atomic E-state index is 13.6. The molecule has 1 N–H and O–H groups in total. The first-order chi connectivity index (χ1) is 15.2. The highest BCUT2D eigenvalue weighted by atomic mass is 127. The van der Waals surface area contributed by atoms with Gasteiger partial charge in [-0.1, -0.05) is 0 Å². The number of hydrogen-bond acceptors (Lipinski definition) is 7. The lowest BCUT2D eigenvalue weighted by molar-refractivity contribution is -0.193. The van der Waals surface area contributed by atoms with Gasteiger partial charge in [-0.2, -0.15) is 17.2 Å². The van der Waals surface area contributed by atoms with Gasteiger partial charge in [-0.15, -0.1) is 0 Å². The first-order valence-electron chi connectivity index (χ1n) is 9.82. The minimum Gasteiger partial charge on any atom is -0.465 e. The van der Waals surface area contributed by atoms with Crippen LogP contribution in [-0.2, 0) is 24.4 Å². The van der Waals surface area contributed by atoms with Gasteiger partial charge in [-0.25, -0.2) is 9.18 Å². The Morgan fingerprint density at radius 2 is 2.00 bits per heavy atom. The number of rotatable bonds is 6. The molecule has 182 valence electrons. The minimum absolute atomic E-state index is 0.247. The van der Waals surface area contributed by atoms with Crippen LogP contribution < -0.4 is 4.74 Å². The van der Waals surface area contributed by atoms with Crippen molar-refractivity contribution in [2.45, 2.75) is 42.9 Å². The van der Waals surface area contributed by atoms with Crippen LogP contribution in [0.15, 0.2) is 12.1 Å². The highest BCUT2D eigenvalue weighted by Crippen LogP contribution is 2.58. The second-order valence-electron chi connectivity index (χ2n) is 8.27. The zero-order valence-corrected chi connectivity index (χ0v) is 21.7. The Bertz CT molecular complexity index is 1110. The summed E-state index contributed by atoms with van der Waals surface area (Å²) in [5.41, 5.74) is 0.332.